The van der Waals surface area contributed by atoms with Gasteiger partial charge in [-0.15, -0.1) is 5.10 Å². The molecule has 0 amide bonds. The predicted octanol–water partition coefficient (Wildman–Crippen LogP) is 3.43. The Morgan fingerprint density at radius 2 is 2.00 bits per heavy atom. The summed E-state index contributed by atoms with van der Waals surface area (Å²) in [5.74, 6) is 1.52. The maximum Gasteiger partial charge on any atom is 0.151 e. The highest BCUT2D eigenvalue weighted by Crippen LogP contribution is 2.40. The minimum Gasteiger partial charge on any atom is -0.497 e. The second-order valence-electron chi connectivity index (χ2n) is 7.98. The molecule has 0 unspecified atom stereocenters. The Morgan fingerprint density at radius 1 is 1.11 bits per heavy atom. The van der Waals surface area contributed by atoms with Crippen LogP contribution in [0.3, 0.4) is 0 Å². The van der Waals surface area contributed by atoms with Crippen molar-refractivity contribution in [1.82, 2.24) is 15.1 Å². The zero-order valence-corrected chi connectivity index (χ0v) is 16.1. The molecule has 144 valence electrons. The summed E-state index contributed by atoms with van der Waals surface area (Å²) in [5, 5.41) is 8.55. The molecule has 4 rings (SSSR count). The quantitative estimate of drug-likeness (QED) is 0.825. The van der Waals surface area contributed by atoms with E-state index in [9.17, 15) is 4.39 Å². The fourth-order valence-electron chi connectivity index (χ4n) is 4.51. The number of hydrogen-bond donors (Lipinski definition) is 0. The number of benzene rings is 1. The smallest absolute Gasteiger partial charge is 0.151 e. The van der Waals surface area contributed by atoms with Gasteiger partial charge in [-0.05, 0) is 63.1 Å². The van der Waals surface area contributed by atoms with E-state index in [1.165, 1.54) is 12.5 Å². The van der Waals surface area contributed by atoms with Crippen molar-refractivity contribution in [2.24, 2.45) is 5.41 Å². The number of ether oxygens (including phenoxy) is 1. The maximum absolute atomic E-state index is 14.2. The third-order valence-corrected chi connectivity index (χ3v) is 5.93. The normalized spacial score (nSPS) is 23.1. The molecule has 0 N–H and O–H groups in total. The Bertz CT molecular complexity index is 797. The lowest BCUT2D eigenvalue weighted by atomic mass is 9.79. The summed E-state index contributed by atoms with van der Waals surface area (Å²) in [4.78, 5) is 4.74. The van der Waals surface area contributed by atoms with Crippen LogP contribution in [0.5, 0.6) is 5.75 Å². The van der Waals surface area contributed by atoms with Crippen molar-refractivity contribution in [3.05, 3.63) is 47.4 Å². The lowest BCUT2D eigenvalue weighted by Gasteiger charge is -2.40. The maximum atomic E-state index is 14.2. The van der Waals surface area contributed by atoms with E-state index in [-0.39, 0.29) is 11.2 Å². The highest BCUT2D eigenvalue weighted by atomic mass is 19.1. The molecule has 27 heavy (non-hydrogen) atoms. The summed E-state index contributed by atoms with van der Waals surface area (Å²) in [6.07, 6.45) is 3.53. The summed E-state index contributed by atoms with van der Waals surface area (Å²) in [7, 11) is 1.62. The Morgan fingerprint density at radius 3 is 2.78 bits per heavy atom. The molecule has 2 aromatic rings. The van der Waals surface area contributed by atoms with Gasteiger partial charge in [-0.3, -0.25) is 4.90 Å². The summed E-state index contributed by atoms with van der Waals surface area (Å²) in [6.45, 7) is 6.62. The number of hydrogen-bond acceptors (Lipinski definition) is 5. The largest absolute Gasteiger partial charge is 0.497 e. The third-order valence-electron chi connectivity index (χ3n) is 5.93. The second kappa shape index (κ2) is 7.43. The standard InChI is InChI=1S/C21H27FN4O/c1-16-4-7-20(24-23-16)26-11-9-21(15-26)8-3-10-25(14-21)13-17-12-18(27-2)5-6-19(17)22/h4-7,12H,3,8-11,13-15H2,1-2H3/t21-/m1/s1. The fraction of sp³-hybridized carbons (Fsp3) is 0.524. The molecule has 0 bridgehead atoms. The minimum absolute atomic E-state index is 0.154. The molecular weight excluding hydrogens is 343 g/mol. The summed E-state index contributed by atoms with van der Waals surface area (Å²) < 4.78 is 19.5. The van der Waals surface area contributed by atoms with Gasteiger partial charge in [0, 0.05) is 37.2 Å². The number of rotatable bonds is 4. The van der Waals surface area contributed by atoms with Gasteiger partial charge in [-0.2, -0.15) is 5.10 Å². The third kappa shape index (κ3) is 3.90. The van der Waals surface area contributed by atoms with E-state index in [0.717, 1.165) is 50.5 Å². The van der Waals surface area contributed by atoms with Gasteiger partial charge in [-0.1, -0.05) is 0 Å². The second-order valence-corrected chi connectivity index (χ2v) is 7.98. The van der Waals surface area contributed by atoms with E-state index in [4.69, 9.17) is 4.74 Å². The van der Waals surface area contributed by atoms with Crippen molar-refractivity contribution >= 4 is 5.82 Å². The van der Waals surface area contributed by atoms with Crippen LogP contribution in [0.25, 0.3) is 0 Å². The van der Waals surface area contributed by atoms with Crippen molar-refractivity contribution in [3.63, 3.8) is 0 Å². The van der Waals surface area contributed by atoms with Gasteiger partial charge in [0.15, 0.2) is 5.82 Å². The average molecular weight is 370 g/mol. The minimum atomic E-state index is -0.154. The van der Waals surface area contributed by atoms with Crippen molar-refractivity contribution in [3.8, 4) is 5.75 Å². The molecule has 0 saturated carbocycles. The first kappa shape index (κ1) is 18.2. The van der Waals surface area contributed by atoms with Crippen molar-refractivity contribution < 1.29 is 9.13 Å². The number of anilines is 1. The van der Waals surface area contributed by atoms with Gasteiger partial charge >= 0.3 is 0 Å². The SMILES string of the molecule is COc1ccc(F)c(CN2CCC[C@@]3(CCN(c4ccc(C)nn4)C3)C2)c1. The predicted molar refractivity (Wildman–Crippen MR) is 103 cm³/mol. The van der Waals surface area contributed by atoms with Crippen LogP contribution in [0.15, 0.2) is 30.3 Å². The number of nitrogens with zero attached hydrogens (tertiary/aromatic N) is 4. The van der Waals surface area contributed by atoms with Crippen molar-refractivity contribution in [2.45, 2.75) is 32.7 Å². The lowest BCUT2D eigenvalue weighted by Crippen LogP contribution is -2.44. The van der Waals surface area contributed by atoms with E-state index < -0.39 is 0 Å². The highest BCUT2D eigenvalue weighted by molar-refractivity contribution is 5.39. The van der Waals surface area contributed by atoms with Gasteiger partial charge in [0.1, 0.15) is 11.6 Å². The van der Waals surface area contributed by atoms with Crippen LogP contribution in [-0.2, 0) is 6.54 Å². The van der Waals surface area contributed by atoms with Crippen LogP contribution in [0.1, 0.15) is 30.5 Å². The van der Waals surface area contributed by atoms with E-state index in [1.807, 2.05) is 19.1 Å². The highest BCUT2D eigenvalue weighted by Gasteiger charge is 2.41. The number of halogens is 1. The summed E-state index contributed by atoms with van der Waals surface area (Å²) in [5.41, 5.74) is 1.92. The topological polar surface area (TPSA) is 41.5 Å². The lowest BCUT2D eigenvalue weighted by molar-refractivity contribution is 0.0981. The molecule has 1 spiro atoms. The van der Waals surface area contributed by atoms with Crippen LogP contribution in [0, 0.1) is 18.2 Å². The Kier molecular flexibility index (Phi) is 5.00. The van der Waals surface area contributed by atoms with E-state index in [1.54, 1.807) is 13.2 Å². The number of aromatic nitrogens is 2. The van der Waals surface area contributed by atoms with Crippen LogP contribution in [-0.4, -0.2) is 48.4 Å². The summed E-state index contributed by atoms with van der Waals surface area (Å²) >= 11 is 0. The van der Waals surface area contributed by atoms with Crippen molar-refractivity contribution in [1.29, 1.82) is 0 Å². The van der Waals surface area contributed by atoms with Crippen LogP contribution >= 0.6 is 0 Å². The molecule has 2 aliphatic heterocycles. The molecule has 1 atom stereocenters. The first-order valence-corrected chi connectivity index (χ1v) is 9.67. The molecule has 2 saturated heterocycles. The first-order valence-electron chi connectivity index (χ1n) is 9.67. The molecular formula is C21H27FN4O. The van der Waals surface area contributed by atoms with E-state index in [2.05, 4.69) is 26.1 Å². The van der Waals surface area contributed by atoms with Gasteiger partial charge in [0.25, 0.3) is 0 Å². The molecule has 0 aliphatic carbocycles. The summed E-state index contributed by atoms with van der Waals surface area (Å²) in [6, 6.07) is 9.08. The molecule has 0 radical (unpaired) electrons. The zero-order valence-electron chi connectivity index (χ0n) is 16.1. The molecule has 2 fully saturated rings. The molecule has 5 nitrogen and oxygen atoms in total. The van der Waals surface area contributed by atoms with E-state index in [0.29, 0.717) is 17.9 Å². The van der Waals surface area contributed by atoms with Crippen LogP contribution < -0.4 is 9.64 Å². The Hall–Kier alpha value is -2.21. The van der Waals surface area contributed by atoms with Gasteiger partial charge in [-0.25, -0.2) is 4.39 Å². The fourth-order valence-corrected chi connectivity index (χ4v) is 4.51. The van der Waals surface area contributed by atoms with Gasteiger partial charge in [0.2, 0.25) is 0 Å². The Balaban J connectivity index is 1.44. The molecule has 1 aromatic carbocycles. The number of piperidine rings is 1. The van der Waals surface area contributed by atoms with Crippen LogP contribution in [0.2, 0.25) is 0 Å². The van der Waals surface area contributed by atoms with Gasteiger partial charge in [0.05, 0.1) is 12.8 Å². The molecule has 1 aromatic heterocycles. The molecule has 2 aliphatic rings. The zero-order chi connectivity index (χ0) is 18.9. The first-order chi connectivity index (χ1) is 13.1. The number of likely N-dealkylation sites (tertiary alicyclic amines) is 1. The monoisotopic (exact) mass is 370 g/mol. The number of aryl methyl sites for hydroxylation is 1. The molecule has 3 heterocycles. The van der Waals surface area contributed by atoms with Crippen molar-refractivity contribution in [2.75, 3.05) is 38.2 Å². The average Bonchev–Trinajstić information content (AvgIpc) is 3.07. The van der Waals surface area contributed by atoms with Gasteiger partial charge < -0.3 is 9.64 Å². The van der Waals surface area contributed by atoms with Crippen LogP contribution in [0.4, 0.5) is 10.2 Å². The van der Waals surface area contributed by atoms with E-state index >= 15 is 0 Å². The number of methoxy groups -OCH3 is 1. The Labute approximate surface area is 160 Å². The molecule has 6 heteroatoms.